The van der Waals surface area contributed by atoms with Crippen LogP contribution in [0.5, 0.6) is 0 Å². The molecule has 0 atom stereocenters. The van der Waals surface area contributed by atoms with Gasteiger partial charge in [0.2, 0.25) is 0 Å². The molecule has 5 nitrogen and oxygen atoms in total. The molecule has 0 aromatic carbocycles. The van der Waals surface area contributed by atoms with E-state index in [0.717, 1.165) is 29.5 Å². The number of rotatable bonds is 4. The molecular formula is C13H18N4O. The van der Waals surface area contributed by atoms with E-state index < -0.39 is 0 Å². The first-order valence-corrected chi connectivity index (χ1v) is 6.25. The minimum Gasteiger partial charge on any atom is -0.467 e. The minimum atomic E-state index is 0.562. The quantitative estimate of drug-likeness (QED) is 0.897. The third kappa shape index (κ3) is 1.85. The molecule has 2 aromatic rings. The summed E-state index contributed by atoms with van der Waals surface area (Å²) < 4.78 is 7.30. The van der Waals surface area contributed by atoms with Gasteiger partial charge in [-0.2, -0.15) is 5.10 Å². The lowest BCUT2D eigenvalue weighted by Crippen LogP contribution is -2.27. The molecule has 1 saturated carbocycles. The van der Waals surface area contributed by atoms with E-state index >= 15 is 0 Å². The van der Waals surface area contributed by atoms with Gasteiger partial charge in [-0.1, -0.05) is 0 Å². The molecule has 0 radical (unpaired) electrons. The average Bonchev–Trinajstić information content (AvgIpc) is 2.99. The van der Waals surface area contributed by atoms with E-state index in [1.54, 1.807) is 6.26 Å². The number of nitrogen functional groups attached to an aromatic ring is 1. The zero-order chi connectivity index (χ0) is 12.7. The summed E-state index contributed by atoms with van der Waals surface area (Å²) in [5.74, 6) is 1.96. The van der Waals surface area contributed by atoms with Gasteiger partial charge in [-0.25, -0.2) is 0 Å². The summed E-state index contributed by atoms with van der Waals surface area (Å²) in [6.07, 6.45) is 4.13. The highest BCUT2D eigenvalue weighted by molar-refractivity contribution is 5.67. The van der Waals surface area contributed by atoms with E-state index in [9.17, 15) is 0 Å². The van der Waals surface area contributed by atoms with Gasteiger partial charge in [0.15, 0.2) is 5.82 Å². The number of aromatic nitrogens is 2. The van der Waals surface area contributed by atoms with Crippen LogP contribution in [0.25, 0.3) is 0 Å². The molecule has 2 N–H and O–H groups in total. The summed E-state index contributed by atoms with van der Waals surface area (Å²) in [4.78, 5) is 2.30. The number of aryl methyl sites for hydroxylation is 2. The third-order valence-electron chi connectivity index (χ3n) is 3.40. The maximum Gasteiger partial charge on any atom is 0.151 e. The maximum atomic E-state index is 6.14. The van der Waals surface area contributed by atoms with E-state index in [-0.39, 0.29) is 0 Å². The van der Waals surface area contributed by atoms with Crippen LogP contribution in [0.2, 0.25) is 0 Å². The molecule has 1 aliphatic rings. The highest BCUT2D eigenvalue weighted by atomic mass is 16.3. The lowest BCUT2D eigenvalue weighted by molar-refractivity contribution is 0.498. The lowest BCUT2D eigenvalue weighted by Gasteiger charge is -2.24. The Labute approximate surface area is 106 Å². The topological polar surface area (TPSA) is 60.2 Å². The van der Waals surface area contributed by atoms with Crippen molar-refractivity contribution in [3.05, 3.63) is 29.9 Å². The van der Waals surface area contributed by atoms with Crippen LogP contribution in [0, 0.1) is 6.92 Å². The van der Waals surface area contributed by atoms with Crippen LogP contribution in [0.15, 0.2) is 22.8 Å². The summed E-state index contributed by atoms with van der Waals surface area (Å²) in [7, 11) is 1.94. The predicted octanol–water partition coefficient (Wildman–Crippen LogP) is 2.07. The molecule has 2 heterocycles. The van der Waals surface area contributed by atoms with Crippen molar-refractivity contribution in [2.45, 2.75) is 32.4 Å². The summed E-state index contributed by atoms with van der Waals surface area (Å²) in [5.41, 5.74) is 7.80. The Balaban J connectivity index is 1.94. The van der Waals surface area contributed by atoms with Crippen LogP contribution in [0.4, 0.5) is 11.5 Å². The second-order valence-corrected chi connectivity index (χ2v) is 4.88. The number of nitrogens with two attached hydrogens (primary N) is 1. The van der Waals surface area contributed by atoms with Crippen LogP contribution in [0.1, 0.15) is 24.3 Å². The van der Waals surface area contributed by atoms with Crippen LogP contribution in [-0.2, 0) is 13.6 Å². The van der Waals surface area contributed by atoms with Gasteiger partial charge in [-0.15, -0.1) is 0 Å². The Hall–Kier alpha value is -1.91. The van der Waals surface area contributed by atoms with Gasteiger partial charge in [0.1, 0.15) is 5.76 Å². The fourth-order valence-electron chi connectivity index (χ4n) is 2.34. The summed E-state index contributed by atoms with van der Waals surface area (Å²) in [6, 6.07) is 4.47. The van der Waals surface area contributed by atoms with Crippen molar-refractivity contribution in [2.24, 2.45) is 7.05 Å². The van der Waals surface area contributed by atoms with Crippen molar-refractivity contribution < 1.29 is 4.42 Å². The first-order valence-electron chi connectivity index (χ1n) is 6.25. The Kier molecular flexibility index (Phi) is 2.54. The zero-order valence-electron chi connectivity index (χ0n) is 10.8. The Bertz CT molecular complexity index is 540. The van der Waals surface area contributed by atoms with Gasteiger partial charge < -0.3 is 15.1 Å². The summed E-state index contributed by atoms with van der Waals surface area (Å²) in [5, 5.41) is 4.39. The first-order chi connectivity index (χ1) is 8.66. The van der Waals surface area contributed by atoms with Crippen molar-refractivity contribution in [1.82, 2.24) is 9.78 Å². The van der Waals surface area contributed by atoms with Crippen LogP contribution in [-0.4, -0.2) is 15.8 Å². The number of furan rings is 1. The monoisotopic (exact) mass is 246 g/mol. The lowest BCUT2D eigenvalue weighted by atomic mass is 10.3. The molecule has 18 heavy (non-hydrogen) atoms. The molecule has 0 aliphatic heterocycles. The van der Waals surface area contributed by atoms with Crippen molar-refractivity contribution in [1.29, 1.82) is 0 Å². The second kappa shape index (κ2) is 4.08. The van der Waals surface area contributed by atoms with E-state index in [2.05, 4.69) is 10.00 Å². The molecule has 5 heteroatoms. The normalized spacial score (nSPS) is 15.0. The van der Waals surface area contributed by atoms with Crippen LogP contribution >= 0.6 is 0 Å². The van der Waals surface area contributed by atoms with E-state index in [1.165, 1.54) is 12.8 Å². The Morgan fingerprint density at radius 3 is 2.83 bits per heavy atom. The van der Waals surface area contributed by atoms with E-state index in [4.69, 9.17) is 10.2 Å². The molecule has 2 aromatic heterocycles. The molecule has 0 spiro atoms. The number of hydrogen-bond donors (Lipinski definition) is 1. The second-order valence-electron chi connectivity index (χ2n) is 4.88. The largest absolute Gasteiger partial charge is 0.467 e. The fraction of sp³-hybridized carbons (Fsp3) is 0.462. The number of anilines is 2. The maximum absolute atomic E-state index is 6.14. The smallest absolute Gasteiger partial charge is 0.151 e. The van der Waals surface area contributed by atoms with Crippen molar-refractivity contribution in [2.75, 3.05) is 10.6 Å². The van der Waals surface area contributed by atoms with Crippen LogP contribution < -0.4 is 10.6 Å². The number of nitrogens with zero attached hydrogens (tertiary/aromatic N) is 3. The molecule has 0 unspecified atom stereocenters. The van der Waals surface area contributed by atoms with Gasteiger partial charge in [0.05, 0.1) is 24.2 Å². The van der Waals surface area contributed by atoms with Gasteiger partial charge in [-0.3, -0.25) is 4.68 Å². The van der Waals surface area contributed by atoms with Crippen molar-refractivity contribution in [3.63, 3.8) is 0 Å². The molecule has 0 saturated heterocycles. The molecule has 0 bridgehead atoms. The Morgan fingerprint density at radius 2 is 2.33 bits per heavy atom. The molecule has 1 fully saturated rings. The molecule has 96 valence electrons. The van der Waals surface area contributed by atoms with Crippen LogP contribution in [0.3, 0.4) is 0 Å². The van der Waals surface area contributed by atoms with E-state index in [1.807, 2.05) is 30.8 Å². The highest BCUT2D eigenvalue weighted by Gasteiger charge is 2.33. The minimum absolute atomic E-state index is 0.562. The highest BCUT2D eigenvalue weighted by Crippen LogP contribution is 2.36. The Morgan fingerprint density at radius 1 is 1.56 bits per heavy atom. The van der Waals surface area contributed by atoms with Gasteiger partial charge in [0, 0.05) is 13.1 Å². The standard InChI is InChI=1S/C13H18N4O/c1-9-12(14)13(16(2)15-9)17(10-5-6-10)8-11-4-3-7-18-11/h3-4,7,10H,5-6,8,14H2,1-2H3. The zero-order valence-corrected chi connectivity index (χ0v) is 10.8. The molecule has 1 aliphatic carbocycles. The summed E-state index contributed by atoms with van der Waals surface area (Å²) in [6.45, 7) is 2.69. The predicted molar refractivity (Wildman–Crippen MR) is 70.3 cm³/mol. The van der Waals surface area contributed by atoms with Crippen molar-refractivity contribution >= 4 is 11.5 Å². The van der Waals surface area contributed by atoms with Gasteiger partial charge in [-0.05, 0) is 31.9 Å². The first kappa shape index (κ1) is 11.2. The SMILES string of the molecule is Cc1nn(C)c(N(Cc2ccco2)C2CC2)c1N. The average molecular weight is 246 g/mol. The van der Waals surface area contributed by atoms with Gasteiger partial charge >= 0.3 is 0 Å². The van der Waals surface area contributed by atoms with Crippen molar-refractivity contribution in [3.8, 4) is 0 Å². The van der Waals surface area contributed by atoms with Gasteiger partial charge in [0.25, 0.3) is 0 Å². The molecule has 3 rings (SSSR count). The fourth-order valence-corrected chi connectivity index (χ4v) is 2.34. The summed E-state index contributed by atoms with van der Waals surface area (Å²) >= 11 is 0. The molecular weight excluding hydrogens is 228 g/mol. The number of hydrogen-bond acceptors (Lipinski definition) is 4. The molecule has 0 amide bonds. The van der Waals surface area contributed by atoms with E-state index in [0.29, 0.717) is 6.04 Å². The third-order valence-corrected chi connectivity index (χ3v) is 3.40.